The molecule has 0 aliphatic carbocycles. The maximum Gasteiger partial charge on any atom is 0.141 e. The number of fused-ring (bicyclic) bond motifs is 1. The van der Waals surface area contributed by atoms with Crippen LogP contribution in [-0.4, -0.2) is 38.3 Å². The van der Waals surface area contributed by atoms with Crippen LogP contribution in [0.15, 0.2) is 48.7 Å². The molecule has 0 spiro atoms. The van der Waals surface area contributed by atoms with E-state index >= 15 is 0 Å². The first-order chi connectivity index (χ1) is 12.7. The third-order valence-electron chi connectivity index (χ3n) is 4.74. The lowest BCUT2D eigenvalue weighted by atomic mass is 10.1. The van der Waals surface area contributed by atoms with Crippen molar-refractivity contribution in [3.8, 4) is 17.2 Å². The van der Waals surface area contributed by atoms with Gasteiger partial charge in [-0.05, 0) is 49.4 Å². The van der Waals surface area contributed by atoms with Gasteiger partial charge in [0.15, 0.2) is 0 Å². The summed E-state index contributed by atoms with van der Waals surface area (Å²) in [6.07, 6.45) is 1.87. The molecule has 5 heteroatoms. The summed E-state index contributed by atoms with van der Waals surface area (Å²) in [4.78, 5) is 6.96. The summed E-state index contributed by atoms with van der Waals surface area (Å²) in [6, 6.07) is 14.1. The maximum absolute atomic E-state index is 6.24. The van der Waals surface area contributed by atoms with Crippen LogP contribution in [0.3, 0.4) is 0 Å². The molecule has 1 aliphatic rings. The summed E-state index contributed by atoms with van der Waals surface area (Å²) in [5.74, 6) is 2.46. The number of rotatable bonds is 4. The van der Waals surface area contributed by atoms with E-state index in [1.54, 1.807) is 7.11 Å². The monoisotopic (exact) mass is 349 g/mol. The van der Waals surface area contributed by atoms with Crippen molar-refractivity contribution in [2.45, 2.75) is 6.92 Å². The Morgan fingerprint density at radius 1 is 1.00 bits per heavy atom. The number of nitrogens with zero attached hydrogens (tertiary/aromatic N) is 2. The molecule has 1 N–H and O–H groups in total. The molecule has 26 heavy (non-hydrogen) atoms. The first-order valence-electron chi connectivity index (χ1n) is 8.91. The molecule has 1 aliphatic heterocycles. The standard InChI is InChI=1S/C21H23N3O2/c1-15-14-23-20-8-3-16(24-11-9-22-10-12-24)13-19(20)21(15)26-18-6-4-17(25-2)5-7-18/h3-8,13-14,22H,9-12H2,1-2H3. The molecule has 2 aromatic carbocycles. The predicted octanol–water partition coefficient (Wildman–Crippen LogP) is 3.75. The fraction of sp³-hybridized carbons (Fsp3) is 0.286. The summed E-state index contributed by atoms with van der Waals surface area (Å²) in [5, 5.41) is 4.43. The number of aryl methyl sites for hydroxylation is 1. The van der Waals surface area contributed by atoms with E-state index in [0.29, 0.717) is 0 Å². The van der Waals surface area contributed by atoms with Gasteiger partial charge in [-0.3, -0.25) is 4.98 Å². The van der Waals surface area contributed by atoms with Gasteiger partial charge >= 0.3 is 0 Å². The van der Waals surface area contributed by atoms with Gasteiger partial charge in [0.05, 0.1) is 12.6 Å². The molecule has 1 fully saturated rings. The SMILES string of the molecule is COc1ccc(Oc2c(C)cnc3ccc(N4CCNCC4)cc23)cc1. The first-order valence-corrected chi connectivity index (χ1v) is 8.91. The van der Waals surface area contributed by atoms with Crippen LogP contribution < -0.4 is 19.7 Å². The van der Waals surface area contributed by atoms with Gasteiger partial charge in [-0.25, -0.2) is 0 Å². The zero-order valence-electron chi connectivity index (χ0n) is 15.2. The summed E-state index contributed by atoms with van der Waals surface area (Å²) in [6.45, 7) is 6.08. The quantitative estimate of drug-likeness (QED) is 0.777. The summed E-state index contributed by atoms with van der Waals surface area (Å²) >= 11 is 0. The van der Waals surface area contributed by atoms with Crippen molar-refractivity contribution in [3.05, 3.63) is 54.2 Å². The predicted molar refractivity (Wildman–Crippen MR) is 105 cm³/mol. The van der Waals surface area contributed by atoms with Crippen molar-refractivity contribution in [1.29, 1.82) is 0 Å². The average molecular weight is 349 g/mol. The molecule has 0 atom stereocenters. The highest BCUT2D eigenvalue weighted by Gasteiger charge is 2.14. The maximum atomic E-state index is 6.24. The molecular weight excluding hydrogens is 326 g/mol. The number of methoxy groups -OCH3 is 1. The molecular formula is C21H23N3O2. The summed E-state index contributed by atoms with van der Waals surface area (Å²) in [7, 11) is 1.66. The fourth-order valence-electron chi connectivity index (χ4n) is 3.27. The van der Waals surface area contributed by atoms with Crippen molar-refractivity contribution in [2.24, 2.45) is 0 Å². The lowest BCUT2D eigenvalue weighted by Crippen LogP contribution is -2.43. The van der Waals surface area contributed by atoms with E-state index in [-0.39, 0.29) is 0 Å². The van der Waals surface area contributed by atoms with Crippen LogP contribution in [0.4, 0.5) is 5.69 Å². The second-order valence-corrected chi connectivity index (χ2v) is 6.49. The Labute approximate surface area is 153 Å². The smallest absolute Gasteiger partial charge is 0.141 e. The zero-order chi connectivity index (χ0) is 17.9. The molecule has 1 saturated heterocycles. The van der Waals surface area contributed by atoms with Gasteiger partial charge in [0.1, 0.15) is 17.2 Å². The minimum absolute atomic E-state index is 0.786. The van der Waals surface area contributed by atoms with Gasteiger partial charge in [0.2, 0.25) is 0 Å². The molecule has 0 radical (unpaired) electrons. The van der Waals surface area contributed by atoms with Crippen molar-refractivity contribution in [3.63, 3.8) is 0 Å². The van der Waals surface area contributed by atoms with Gasteiger partial charge in [-0.2, -0.15) is 0 Å². The highest BCUT2D eigenvalue weighted by atomic mass is 16.5. The van der Waals surface area contributed by atoms with Gasteiger partial charge in [0, 0.05) is 49.0 Å². The van der Waals surface area contributed by atoms with Crippen molar-refractivity contribution < 1.29 is 9.47 Å². The van der Waals surface area contributed by atoms with Crippen LogP contribution in [0.5, 0.6) is 17.2 Å². The van der Waals surface area contributed by atoms with E-state index in [1.807, 2.05) is 37.4 Å². The molecule has 5 nitrogen and oxygen atoms in total. The molecule has 2 heterocycles. The van der Waals surface area contributed by atoms with Crippen molar-refractivity contribution >= 4 is 16.6 Å². The number of hydrogen-bond acceptors (Lipinski definition) is 5. The Morgan fingerprint density at radius 2 is 1.73 bits per heavy atom. The van der Waals surface area contributed by atoms with Gasteiger partial charge in [0.25, 0.3) is 0 Å². The normalized spacial score (nSPS) is 14.5. The highest BCUT2D eigenvalue weighted by molar-refractivity contribution is 5.89. The van der Waals surface area contributed by atoms with Crippen LogP contribution >= 0.6 is 0 Å². The second kappa shape index (κ2) is 7.22. The molecule has 0 bridgehead atoms. The minimum atomic E-state index is 0.786. The van der Waals surface area contributed by atoms with E-state index < -0.39 is 0 Å². The van der Waals surface area contributed by atoms with Crippen LogP contribution in [0, 0.1) is 6.92 Å². The van der Waals surface area contributed by atoms with E-state index in [1.165, 1.54) is 5.69 Å². The number of pyridine rings is 1. The number of benzene rings is 2. The lowest BCUT2D eigenvalue weighted by molar-refractivity contribution is 0.413. The molecule has 0 amide bonds. The number of anilines is 1. The Kier molecular flexibility index (Phi) is 4.63. The number of piperazine rings is 1. The van der Waals surface area contributed by atoms with E-state index in [9.17, 15) is 0 Å². The lowest BCUT2D eigenvalue weighted by Gasteiger charge is -2.29. The van der Waals surface area contributed by atoms with E-state index in [0.717, 1.165) is 59.9 Å². The second-order valence-electron chi connectivity index (χ2n) is 6.49. The number of hydrogen-bond donors (Lipinski definition) is 1. The number of aromatic nitrogens is 1. The van der Waals surface area contributed by atoms with Gasteiger partial charge in [-0.1, -0.05) is 0 Å². The molecule has 134 valence electrons. The number of ether oxygens (including phenoxy) is 2. The third-order valence-corrected chi connectivity index (χ3v) is 4.74. The Balaban J connectivity index is 1.72. The minimum Gasteiger partial charge on any atom is -0.497 e. The Hall–Kier alpha value is -2.79. The topological polar surface area (TPSA) is 46.6 Å². The number of nitrogens with one attached hydrogen (secondary N) is 1. The van der Waals surface area contributed by atoms with Crippen LogP contribution in [0.2, 0.25) is 0 Å². The molecule has 0 saturated carbocycles. The van der Waals surface area contributed by atoms with Crippen molar-refractivity contribution in [2.75, 3.05) is 38.2 Å². The Bertz CT molecular complexity index is 903. The largest absolute Gasteiger partial charge is 0.497 e. The van der Waals surface area contributed by atoms with Gasteiger partial charge in [-0.15, -0.1) is 0 Å². The summed E-state index contributed by atoms with van der Waals surface area (Å²) in [5.41, 5.74) is 3.18. The van der Waals surface area contributed by atoms with E-state index in [4.69, 9.17) is 9.47 Å². The molecule has 1 aromatic heterocycles. The van der Waals surface area contributed by atoms with Crippen molar-refractivity contribution in [1.82, 2.24) is 10.3 Å². The fourth-order valence-corrected chi connectivity index (χ4v) is 3.27. The first kappa shape index (κ1) is 16.7. The summed E-state index contributed by atoms with van der Waals surface area (Å²) < 4.78 is 11.5. The van der Waals surface area contributed by atoms with E-state index in [2.05, 4.69) is 33.4 Å². The zero-order valence-corrected chi connectivity index (χ0v) is 15.2. The van der Waals surface area contributed by atoms with Gasteiger partial charge < -0.3 is 19.7 Å². The highest BCUT2D eigenvalue weighted by Crippen LogP contribution is 2.35. The molecule has 3 aromatic rings. The third kappa shape index (κ3) is 3.30. The van der Waals surface area contributed by atoms with Crippen LogP contribution in [0.25, 0.3) is 10.9 Å². The van der Waals surface area contributed by atoms with Crippen LogP contribution in [-0.2, 0) is 0 Å². The Morgan fingerprint density at radius 3 is 2.46 bits per heavy atom. The average Bonchev–Trinajstić information content (AvgIpc) is 2.71. The molecule has 4 rings (SSSR count). The molecule has 0 unspecified atom stereocenters. The van der Waals surface area contributed by atoms with Crippen LogP contribution in [0.1, 0.15) is 5.56 Å².